The summed E-state index contributed by atoms with van der Waals surface area (Å²) in [6.07, 6.45) is 0.356. The number of nitrogens with one attached hydrogen (secondary N) is 1. The molecule has 0 saturated heterocycles. The number of hydrogen-bond donors (Lipinski definition) is 1. The third-order valence-electron chi connectivity index (χ3n) is 6.66. The minimum absolute atomic E-state index is 0.0135. The third-order valence-corrected chi connectivity index (χ3v) is 8.70. The summed E-state index contributed by atoms with van der Waals surface area (Å²) in [4.78, 5) is 28.9. The second-order valence-electron chi connectivity index (χ2n) is 10.5. The highest BCUT2D eigenvalue weighted by molar-refractivity contribution is 7.92. The van der Waals surface area contributed by atoms with Gasteiger partial charge in [-0.2, -0.15) is 0 Å². The average molecular weight is 614 g/mol. The van der Waals surface area contributed by atoms with E-state index in [0.717, 1.165) is 15.4 Å². The quantitative estimate of drug-likeness (QED) is 0.247. The van der Waals surface area contributed by atoms with E-state index in [1.54, 1.807) is 24.3 Å². The largest absolute Gasteiger partial charge is 0.494 e. The lowest BCUT2D eigenvalue weighted by Gasteiger charge is -2.33. The molecule has 0 fully saturated rings. The van der Waals surface area contributed by atoms with Gasteiger partial charge in [-0.15, -0.1) is 0 Å². The molecule has 0 spiro atoms. The fourth-order valence-corrected chi connectivity index (χ4v) is 5.91. The van der Waals surface area contributed by atoms with E-state index in [1.165, 1.54) is 29.2 Å². The molecular weight excluding hydrogens is 574 g/mol. The Labute approximate surface area is 254 Å². The topological polar surface area (TPSA) is 96.0 Å². The molecule has 1 atom stereocenters. The van der Waals surface area contributed by atoms with Gasteiger partial charge in [0.25, 0.3) is 10.0 Å². The van der Waals surface area contributed by atoms with Gasteiger partial charge < -0.3 is 15.0 Å². The van der Waals surface area contributed by atoms with E-state index in [-0.39, 0.29) is 29.0 Å². The summed E-state index contributed by atoms with van der Waals surface area (Å²) in [5.41, 5.74) is 2.18. The Morgan fingerprint density at radius 3 is 2.10 bits per heavy atom. The van der Waals surface area contributed by atoms with Crippen molar-refractivity contribution in [2.24, 2.45) is 5.92 Å². The van der Waals surface area contributed by atoms with Gasteiger partial charge in [0.2, 0.25) is 11.8 Å². The second kappa shape index (κ2) is 15.1. The predicted molar refractivity (Wildman–Crippen MR) is 167 cm³/mol. The van der Waals surface area contributed by atoms with Crippen LogP contribution in [0.1, 0.15) is 45.2 Å². The molecule has 0 aliphatic carbocycles. The standard InChI is InChI=1S/C32H40ClN3O5S/c1-6-30(32(38)34-20-23(3)4)35(21-25-10-8-24(5)9-11-25)31(37)22-36(27-14-16-28(17-15-27)41-7-2)42(39,40)29-18-12-26(33)13-19-29/h8-19,23,30H,6-7,20-22H2,1-5H3,(H,34,38)/t30-/m1/s1. The number of halogens is 1. The van der Waals surface area contributed by atoms with E-state index in [1.807, 2.05) is 58.9 Å². The normalized spacial score (nSPS) is 12.1. The van der Waals surface area contributed by atoms with Gasteiger partial charge in [0.1, 0.15) is 18.3 Å². The molecule has 8 nitrogen and oxygen atoms in total. The lowest BCUT2D eigenvalue weighted by atomic mass is 10.1. The Kier molecular flexibility index (Phi) is 11.8. The highest BCUT2D eigenvalue weighted by atomic mass is 35.5. The van der Waals surface area contributed by atoms with E-state index in [0.29, 0.717) is 30.3 Å². The van der Waals surface area contributed by atoms with Crippen molar-refractivity contribution >= 4 is 39.1 Å². The molecular formula is C32H40ClN3O5S. The Bertz CT molecular complexity index is 1430. The minimum atomic E-state index is -4.19. The number of carbonyl (C=O) groups is 2. The van der Waals surface area contributed by atoms with Crippen LogP contribution >= 0.6 is 11.6 Å². The first-order chi connectivity index (χ1) is 20.0. The van der Waals surface area contributed by atoms with Crippen LogP contribution in [0, 0.1) is 12.8 Å². The van der Waals surface area contributed by atoms with Crippen LogP contribution in [0.2, 0.25) is 5.02 Å². The highest BCUT2D eigenvalue weighted by Crippen LogP contribution is 2.27. The van der Waals surface area contributed by atoms with E-state index >= 15 is 0 Å². The minimum Gasteiger partial charge on any atom is -0.494 e. The summed E-state index contributed by atoms with van der Waals surface area (Å²) in [5.74, 6) is 0.0195. The van der Waals surface area contributed by atoms with Crippen molar-refractivity contribution in [1.82, 2.24) is 10.2 Å². The molecule has 1 N–H and O–H groups in total. The zero-order valence-electron chi connectivity index (χ0n) is 24.8. The number of sulfonamides is 1. The van der Waals surface area contributed by atoms with Crippen molar-refractivity contribution in [3.8, 4) is 5.75 Å². The molecule has 0 bridgehead atoms. The van der Waals surface area contributed by atoms with Gasteiger partial charge in [-0.1, -0.05) is 62.2 Å². The van der Waals surface area contributed by atoms with Gasteiger partial charge in [0, 0.05) is 18.1 Å². The Morgan fingerprint density at radius 1 is 0.929 bits per heavy atom. The lowest BCUT2D eigenvalue weighted by molar-refractivity contribution is -0.140. The van der Waals surface area contributed by atoms with Crippen LogP contribution in [0.25, 0.3) is 0 Å². The summed E-state index contributed by atoms with van der Waals surface area (Å²) < 4.78 is 34.5. The van der Waals surface area contributed by atoms with Crippen LogP contribution in [0.3, 0.4) is 0 Å². The average Bonchev–Trinajstić information content (AvgIpc) is 2.96. The molecule has 42 heavy (non-hydrogen) atoms. The number of aryl methyl sites for hydroxylation is 1. The van der Waals surface area contributed by atoms with Gasteiger partial charge >= 0.3 is 0 Å². The van der Waals surface area contributed by atoms with Crippen molar-refractivity contribution in [1.29, 1.82) is 0 Å². The fraction of sp³-hybridized carbons (Fsp3) is 0.375. The molecule has 3 aromatic rings. The number of anilines is 1. The zero-order valence-corrected chi connectivity index (χ0v) is 26.4. The second-order valence-corrected chi connectivity index (χ2v) is 12.8. The molecule has 0 aliphatic rings. The summed E-state index contributed by atoms with van der Waals surface area (Å²) in [6.45, 7) is 10.2. The maximum atomic E-state index is 14.1. The molecule has 0 unspecified atom stereocenters. The molecule has 10 heteroatoms. The smallest absolute Gasteiger partial charge is 0.264 e. The number of ether oxygens (including phenoxy) is 1. The van der Waals surface area contributed by atoms with Gasteiger partial charge in [0.15, 0.2) is 0 Å². The van der Waals surface area contributed by atoms with Crippen LogP contribution in [0.15, 0.2) is 77.7 Å². The van der Waals surface area contributed by atoms with Gasteiger partial charge in [-0.25, -0.2) is 8.42 Å². The lowest BCUT2D eigenvalue weighted by Crippen LogP contribution is -2.52. The van der Waals surface area contributed by atoms with E-state index in [9.17, 15) is 18.0 Å². The number of rotatable bonds is 14. The first kappa shape index (κ1) is 32.9. The summed E-state index contributed by atoms with van der Waals surface area (Å²) >= 11 is 6.02. The summed E-state index contributed by atoms with van der Waals surface area (Å²) in [7, 11) is -4.19. The number of benzene rings is 3. The Morgan fingerprint density at radius 2 is 1.55 bits per heavy atom. The van der Waals surface area contributed by atoms with Gasteiger partial charge in [0.05, 0.1) is 17.2 Å². The summed E-state index contributed by atoms with van der Waals surface area (Å²) in [5, 5.41) is 3.33. The fourth-order valence-electron chi connectivity index (χ4n) is 4.37. The number of hydrogen-bond acceptors (Lipinski definition) is 5. The first-order valence-electron chi connectivity index (χ1n) is 14.1. The molecule has 3 aromatic carbocycles. The monoisotopic (exact) mass is 613 g/mol. The summed E-state index contributed by atoms with van der Waals surface area (Å²) in [6, 6.07) is 19.2. The molecule has 0 heterocycles. The maximum Gasteiger partial charge on any atom is 0.264 e. The Balaban J connectivity index is 2.04. The maximum absolute atomic E-state index is 14.1. The van der Waals surface area contributed by atoms with E-state index in [2.05, 4.69) is 5.32 Å². The van der Waals surface area contributed by atoms with Gasteiger partial charge in [-0.05, 0) is 80.3 Å². The Hall–Kier alpha value is -3.56. The number of carbonyl (C=O) groups excluding carboxylic acids is 2. The van der Waals surface area contributed by atoms with Crippen LogP contribution in [-0.4, -0.2) is 50.9 Å². The molecule has 0 saturated carbocycles. The van der Waals surface area contributed by atoms with Gasteiger partial charge in [-0.3, -0.25) is 13.9 Å². The third kappa shape index (κ3) is 8.72. The number of nitrogens with zero attached hydrogens (tertiary/aromatic N) is 2. The van der Waals surface area contributed by atoms with Crippen molar-refractivity contribution in [2.75, 3.05) is 24.0 Å². The zero-order chi connectivity index (χ0) is 30.9. The highest BCUT2D eigenvalue weighted by Gasteiger charge is 2.33. The van der Waals surface area contributed by atoms with Crippen molar-refractivity contribution < 1.29 is 22.7 Å². The van der Waals surface area contributed by atoms with Crippen LogP contribution in [0.4, 0.5) is 5.69 Å². The molecule has 3 rings (SSSR count). The molecule has 2 amide bonds. The van der Waals surface area contributed by atoms with Crippen molar-refractivity contribution in [3.05, 3.63) is 88.9 Å². The van der Waals surface area contributed by atoms with Crippen LogP contribution in [0.5, 0.6) is 5.75 Å². The van der Waals surface area contributed by atoms with E-state index < -0.39 is 28.5 Å². The van der Waals surface area contributed by atoms with Crippen molar-refractivity contribution in [3.63, 3.8) is 0 Å². The van der Waals surface area contributed by atoms with Crippen molar-refractivity contribution in [2.45, 2.75) is 58.5 Å². The molecule has 0 aliphatic heterocycles. The molecule has 226 valence electrons. The van der Waals surface area contributed by atoms with Crippen LogP contribution in [-0.2, 0) is 26.2 Å². The SMILES string of the molecule is CCOc1ccc(N(CC(=O)N(Cc2ccc(C)cc2)[C@H](CC)C(=O)NCC(C)C)S(=O)(=O)c2ccc(Cl)cc2)cc1. The predicted octanol–water partition coefficient (Wildman–Crippen LogP) is 5.82. The molecule has 0 radical (unpaired) electrons. The molecule has 0 aromatic heterocycles. The van der Waals surface area contributed by atoms with E-state index in [4.69, 9.17) is 16.3 Å². The number of amides is 2. The van der Waals surface area contributed by atoms with Crippen LogP contribution < -0.4 is 14.4 Å². The first-order valence-corrected chi connectivity index (χ1v) is 15.9.